The van der Waals surface area contributed by atoms with Crippen LogP contribution in [0.25, 0.3) is 10.9 Å². The van der Waals surface area contributed by atoms with E-state index in [9.17, 15) is 0 Å². The Morgan fingerprint density at radius 1 is 1.25 bits per heavy atom. The summed E-state index contributed by atoms with van der Waals surface area (Å²) < 4.78 is 5.42. The summed E-state index contributed by atoms with van der Waals surface area (Å²) in [6, 6.07) is 10.2. The Morgan fingerprint density at radius 3 is 2.80 bits per heavy atom. The third-order valence-electron chi connectivity index (χ3n) is 3.43. The van der Waals surface area contributed by atoms with Crippen molar-refractivity contribution >= 4 is 16.7 Å². The van der Waals surface area contributed by atoms with E-state index in [1.807, 2.05) is 25.1 Å². The molecule has 0 saturated carbocycles. The van der Waals surface area contributed by atoms with Crippen LogP contribution in [-0.4, -0.2) is 36.2 Å². The molecule has 0 saturated heterocycles. The molecule has 108 valence electrons. The summed E-state index contributed by atoms with van der Waals surface area (Å²) in [6.07, 6.45) is 0. The first-order valence-electron chi connectivity index (χ1n) is 7.18. The number of nitrogen functional groups attached to an aromatic ring is 1. The minimum absolute atomic E-state index is 0.624. The zero-order valence-electron chi connectivity index (χ0n) is 12.3. The topological polar surface area (TPSA) is 51.4 Å². The van der Waals surface area contributed by atoms with Crippen molar-refractivity contribution in [2.24, 2.45) is 0 Å². The largest absolute Gasteiger partial charge is 0.383 e. The van der Waals surface area contributed by atoms with Gasteiger partial charge in [0.25, 0.3) is 0 Å². The van der Waals surface area contributed by atoms with Crippen molar-refractivity contribution in [3.8, 4) is 0 Å². The number of ether oxygens (including phenoxy) is 1. The minimum atomic E-state index is 0.624. The van der Waals surface area contributed by atoms with Gasteiger partial charge in [0, 0.05) is 30.6 Å². The first-order chi connectivity index (χ1) is 9.74. The molecule has 2 rings (SSSR count). The van der Waals surface area contributed by atoms with Crippen molar-refractivity contribution in [2.75, 3.05) is 32.0 Å². The number of likely N-dealkylation sites (N-methyl/N-ethyl adjacent to an activating group) is 1. The summed E-state index contributed by atoms with van der Waals surface area (Å²) in [5, 5.41) is 1.14. The average molecular weight is 273 g/mol. The van der Waals surface area contributed by atoms with Crippen molar-refractivity contribution in [2.45, 2.75) is 20.4 Å². The molecule has 1 aromatic carbocycles. The van der Waals surface area contributed by atoms with E-state index >= 15 is 0 Å². The molecule has 0 bridgehead atoms. The number of pyridine rings is 1. The van der Waals surface area contributed by atoms with Gasteiger partial charge in [0.15, 0.2) is 0 Å². The Morgan fingerprint density at radius 2 is 2.05 bits per heavy atom. The normalized spacial score (nSPS) is 11.3. The number of fused-ring (bicyclic) bond motifs is 1. The Kier molecular flexibility index (Phi) is 5.32. The highest BCUT2D eigenvalue weighted by Crippen LogP contribution is 2.19. The average Bonchev–Trinajstić information content (AvgIpc) is 2.47. The predicted molar refractivity (Wildman–Crippen MR) is 83.6 cm³/mol. The molecular formula is C16H23N3O. The number of nitrogens with zero attached hydrogens (tertiary/aromatic N) is 2. The quantitative estimate of drug-likeness (QED) is 0.788. The van der Waals surface area contributed by atoms with E-state index in [1.54, 1.807) is 0 Å². The molecule has 0 aliphatic carbocycles. The second kappa shape index (κ2) is 7.22. The number of benzene rings is 1. The van der Waals surface area contributed by atoms with Gasteiger partial charge < -0.3 is 10.5 Å². The van der Waals surface area contributed by atoms with Crippen molar-refractivity contribution in [3.05, 3.63) is 35.9 Å². The molecule has 0 aliphatic heterocycles. The maximum absolute atomic E-state index is 6.08. The van der Waals surface area contributed by atoms with Crippen LogP contribution in [0.15, 0.2) is 30.3 Å². The van der Waals surface area contributed by atoms with Gasteiger partial charge in [-0.2, -0.15) is 0 Å². The fraction of sp³-hybridized carbons (Fsp3) is 0.438. The second-order valence-electron chi connectivity index (χ2n) is 4.79. The number of para-hydroxylation sites is 1. The standard InChI is InChI=1S/C16H23N3O/c1-3-19(9-10-20-4-2)12-14-11-13-7-5-6-8-15(13)18-16(14)17/h5-8,11H,3-4,9-10,12H2,1-2H3,(H2,17,18). The molecule has 0 amide bonds. The smallest absolute Gasteiger partial charge is 0.128 e. The molecule has 0 fully saturated rings. The van der Waals surface area contributed by atoms with E-state index < -0.39 is 0 Å². The van der Waals surface area contributed by atoms with Crippen molar-refractivity contribution in [1.82, 2.24) is 9.88 Å². The van der Waals surface area contributed by atoms with Crippen LogP contribution in [0.2, 0.25) is 0 Å². The summed E-state index contributed by atoms with van der Waals surface area (Å²) in [4.78, 5) is 6.80. The lowest BCUT2D eigenvalue weighted by Crippen LogP contribution is -2.27. The fourth-order valence-electron chi connectivity index (χ4n) is 2.23. The molecule has 20 heavy (non-hydrogen) atoms. The summed E-state index contributed by atoms with van der Waals surface area (Å²) in [5.74, 6) is 0.624. The third-order valence-corrected chi connectivity index (χ3v) is 3.43. The highest BCUT2D eigenvalue weighted by atomic mass is 16.5. The van der Waals surface area contributed by atoms with Gasteiger partial charge in [0.05, 0.1) is 12.1 Å². The lowest BCUT2D eigenvalue weighted by atomic mass is 10.1. The molecule has 0 spiro atoms. The van der Waals surface area contributed by atoms with E-state index in [0.29, 0.717) is 5.82 Å². The number of rotatable bonds is 7. The van der Waals surface area contributed by atoms with Crippen molar-refractivity contribution in [3.63, 3.8) is 0 Å². The third kappa shape index (κ3) is 3.68. The number of nitrogens with two attached hydrogens (primary N) is 1. The molecule has 2 aromatic rings. The number of hydrogen-bond acceptors (Lipinski definition) is 4. The second-order valence-corrected chi connectivity index (χ2v) is 4.79. The molecule has 1 heterocycles. The summed E-state index contributed by atoms with van der Waals surface area (Å²) in [7, 11) is 0. The highest BCUT2D eigenvalue weighted by Gasteiger charge is 2.08. The van der Waals surface area contributed by atoms with E-state index in [-0.39, 0.29) is 0 Å². The van der Waals surface area contributed by atoms with Crippen LogP contribution in [0.1, 0.15) is 19.4 Å². The summed E-state index contributed by atoms with van der Waals surface area (Å²) in [6.45, 7) is 8.38. The van der Waals surface area contributed by atoms with E-state index in [4.69, 9.17) is 10.5 Å². The molecular weight excluding hydrogens is 250 g/mol. The van der Waals surface area contributed by atoms with Crippen LogP contribution < -0.4 is 5.73 Å². The molecule has 0 radical (unpaired) electrons. The van der Waals surface area contributed by atoms with Crippen LogP contribution in [0.4, 0.5) is 5.82 Å². The van der Waals surface area contributed by atoms with Crippen LogP contribution in [0, 0.1) is 0 Å². The lowest BCUT2D eigenvalue weighted by Gasteiger charge is -2.21. The SMILES string of the molecule is CCOCCN(CC)Cc1cc2ccccc2nc1N. The van der Waals surface area contributed by atoms with E-state index in [2.05, 4.69) is 28.9 Å². The fourth-order valence-corrected chi connectivity index (χ4v) is 2.23. The molecule has 4 nitrogen and oxygen atoms in total. The summed E-state index contributed by atoms with van der Waals surface area (Å²) in [5.41, 5.74) is 8.11. The number of anilines is 1. The maximum atomic E-state index is 6.08. The Labute approximate surface area is 120 Å². The van der Waals surface area contributed by atoms with Crippen molar-refractivity contribution in [1.29, 1.82) is 0 Å². The van der Waals surface area contributed by atoms with E-state index in [0.717, 1.165) is 49.3 Å². The van der Waals surface area contributed by atoms with Gasteiger partial charge in [-0.15, -0.1) is 0 Å². The number of aromatic nitrogens is 1. The van der Waals surface area contributed by atoms with Gasteiger partial charge in [0.1, 0.15) is 5.82 Å². The zero-order chi connectivity index (χ0) is 14.4. The van der Waals surface area contributed by atoms with Gasteiger partial charge in [0.2, 0.25) is 0 Å². The first kappa shape index (κ1) is 14.8. The monoisotopic (exact) mass is 273 g/mol. The van der Waals surface area contributed by atoms with Crippen LogP contribution in [0.3, 0.4) is 0 Å². The van der Waals surface area contributed by atoms with Crippen molar-refractivity contribution < 1.29 is 4.74 Å². The van der Waals surface area contributed by atoms with Crippen LogP contribution in [-0.2, 0) is 11.3 Å². The molecule has 1 aromatic heterocycles. The van der Waals surface area contributed by atoms with Crippen LogP contribution >= 0.6 is 0 Å². The molecule has 0 aliphatic rings. The van der Waals surface area contributed by atoms with Gasteiger partial charge in [-0.3, -0.25) is 4.90 Å². The molecule has 2 N–H and O–H groups in total. The summed E-state index contributed by atoms with van der Waals surface area (Å²) >= 11 is 0. The Hall–Kier alpha value is -1.65. The molecule has 0 atom stereocenters. The zero-order valence-corrected chi connectivity index (χ0v) is 12.3. The molecule has 0 unspecified atom stereocenters. The van der Waals surface area contributed by atoms with Gasteiger partial charge in [-0.25, -0.2) is 4.98 Å². The maximum Gasteiger partial charge on any atom is 0.128 e. The highest BCUT2D eigenvalue weighted by molar-refractivity contribution is 5.81. The predicted octanol–water partition coefficient (Wildman–Crippen LogP) is 2.68. The Bertz CT molecular complexity index is 556. The molecule has 4 heteroatoms. The minimum Gasteiger partial charge on any atom is -0.383 e. The lowest BCUT2D eigenvalue weighted by molar-refractivity contribution is 0.113. The Balaban J connectivity index is 2.12. The number of hydrogen-bond donors (Lipinski definition) is 1. The van der Waals surface area contributed by atoms with E-state index in [1.165, 1.54) is 0 Å². The van der Waals surface area contributed by atoms with Gasteiger partial charge in [-0.05, 0) is 25.6 Å². The van der Waals surface area contributed by atoms with Crippen LogP contribution in [0.5, 0.6) is 0 Å². The van der Waals surface area contributed by atoms with Gasteiger partial charge >= 0.3 is 0 Å². The first-order valence-corrected chi connectivity index (χ1v) is 7.18. The van der Waals surface area contributed by atoms with Gasteiger partial charge in [-0.1, -0.05) is 25.1 Å².